The van der Waals surface area contributed by atoms with Gasteiger partial charge in [0, 0.05) is 34.8 Å². The smallest absolute Gasteiger partial charge is 0.203 e. The Morgan fingerprint density at radius 2 is 1.56 bits per heavy atom. The number of aromatic nitrogens is 2. The number of hydrogen-bond acceptors (Lipinski definition) is 11. The van der Waals surface area contributed by atoms with Crippen LogP contribution in [0.1, 0.15) is 0 Å². The highest BCUT2D eigenvalue weighted by atomic mass is 32.1. The summed E-state index contributed by atoms with van der Waals surface area (Å²) in [6, 6.07) is 7.88. The highest BCUT2D eigenvalue weighted by Gasteiger charge is 2.18. The number of rotatable bonds is 7. The zero-order valence-corrected chi connectivity index (χ0v) is 19.0. The molecule has 0 bridgehead atoms. The van der Waals surface area contributed by atoms with Gasteiger partial charge in [0.1, 0.15) is 27.2 Å². The lowest BCUT2D eigenvalue weighted by molar-refractivity contribution is 0.324. The molecule has 0 aliphatic carbocycles. The molecule has 0 saturated carbocycles. The number of phenolic OH excluding ortho intramolecular Hbond substituents is 2. The van der Waals surface area contributed by atoms with Gasteiger partial charge in [-0.3, -0.25) is 0 Å². The van der Waals surface area contributed by atoms with Crippen LogP contribution in [0.2, 0.25) is 0 Å². The second-order valence-corrected chi connectivity index (χ2v) is 8.41. The fraction of sp³-hybridized carbons (Fsp3) is 0.143. The number of benzene rings is 2. The number of methoxy groups -OCH3 is 3. The maximum atomic E-state index is 9.73. The first-order chi connectivity index (χ1) is 15.4. The molecule has 9 nitrogen and oxygen atoms in total. The van der Waals surface area contributed by atoms with Crippen molar-refractivity contribution >= 4 is 39.3 Å². The van der Waals surface area contributed by atoms with Crippen molar-refractivity contribution in [3.63, 3.8) is 0 Å². The maximum Gasteiger partial charge on any atom is 0.203 e. The van der Waals surface area contributed by atoms with E-state index >= 15 is 0 Å². The first-order valence-corrected chi connectivity index (χ1v) is 10.9. The Morgan fingerprint density at radius 1 is 0.906 bits per heavy atom. The fourth-order valence-electron chi connectivity index (χ4n) is 3.07. The molecule has 11 heteroatoms. The second-order valence-electron chi connectivity index (χ2n) is 6.55. The summed E-state index contributed by atoms with van der Waals surface area (Å²) in [5.41, 5.74) is 8.06. The van der Waals surface area contributed by atoms with Gasteiger partial charge < -0.3 is 35.5 Å². The van der Waals surface area contributed by atoms with E-state index in [4.69, 9.17) is 19.9 Å². The van der Waals surface area contributed by atoms with E-state index < -0.39 is 0 Å². The van der Waals surface area contributed by atoms with E-state index in [9.17, 15) is 10.2 Å². The van der Waals surface area contributed by atoms with Gasteiger partial charge in [-0.25, -0.2) is 9.97 Å². The highest BCUT2D eigenvalue weighted by molar-refractivity contribution is 7.23. The first-order valence-electron chi connectivity index (χ1n) is 9.24. The number of phenols is 2. The van der Waals surface area contributed by atoms with Crippen LogP contribution in [0.15, 0.2) is 35.7 Å². The van der Waals surface area contributed by atoms with E-state index in [2.05, 4.69) is 15.3 Å². The van der Waals surface area contributed by atoms with Crippen molar-refractivity contribution in [2.45, 2.75) is 0 Å². The van der Waals surface area contributed by atoms with Gasteiger partial charge >= 0.3 is 0 Å². The van der Waals surface area contributed by atoms with Crippen LogP contribution in [-0.2, 0) is 0 Å². The summed E-state index contributed by atoms with van der Waals surface area (Å²) in [6.07, 6.45) is 0. The molecular weight excluding hydrogens is 452 g/mol. The lowest BCUT2D eigenvalue weighted by Crippen LogP contribution is -1.97. The van der Waals surface area contributed by atoms with Crippen molar-refractivity contribution in [3.8, 4) is 49.9 Å². The molecule has 0 spiro atoms. The second kappa shape index (κ2) is 8.81. The van der Waals surface area contributed by atoms with Gasteiger partial charge in [-0.1, -0.05) is 11.3 Å². The van der Waals surface area contributed by atoms with Crippen LogP contribution < -0.4 is 25.3 Å². The molecule has 4 rings (SSSR count). The Bertz CT molecular complexity index is 1230. The number of nitrogen functional groups attached to an aromatic ring is 1. The van der Waals surface area contributed by atoms with Crippen molar-refractivity contribution in [2.24, 2.45) is 0 Å². The minimum absolute atomic E-state index is 0.0383. The monoisotopic (exact) mass is 472 g/mol. The highest BCUT2D eigenvalue weighted by Crippen LogP contribution is 2.43. The van der Waals surface area contributed by atoms with E-state index in [1.165, 1.54) is 40.9 Å². The third-order valence-corrected chi connectivity index (χ3v) is 6.45. The maximum absolute atomic E-state index is 9.73. The molecule has 2 aromatic heterocycles. The number of nitrogens with zero attached hydrogens (tertiary/aromatic N) is 2. The van der Waals surface area contributed by atoms with Crippen molar-refractivity contribution in [1.29, 1.82) is 0 Å². The van der Waals surface area contributed by atoms with Crippen LogP contribution in [0.3, 0.4) is 0 Å². The van der Waals surface area contributed by atoms with Gasteiger partial charge in [0.15, 0.2) is 16.6 Å². The predicted octanol–water partition coefficient (Wildman–Crippen LogP) is 4.70. The number of nitrogens with two attached hydrogens (primary N) is 1. The molecule has 2 heterocycles. The predicted molar refractivity (Wildman–Crippen MR) is 126 cm³/mol. The molecule has 0 aliphatic heterocycles. The van der Waals surface area contributed by atoms with Crippen LogP contribution in [0, 0.1) is 0 Å². The number of hydrogen-bond donors (Lipinski definition) is 4. The van der Waals surface area contributed by atoms with Crippen LogP contribution in [0.25, 0.3) is 21.1 Å². The molecule has 0 saturated heterocycles. The minimum Gasteiger partial charge on any atom is -0.508 e. The van der Waals surface area contributed by atoms with Crippen molar-refractivity contribution < 1.29 is 24.4 Å². The van der Waals surface area contributed by atoms with Crippen molar-refractivity contribution in [3.05, 3.63) is 35.7 Å². The standard InChI is InChI=1S/C21H20N4O5S2/c1-28-15-6-11(7-16(29-2)17(15)30-3)23-21-25-19(22)18(32-21)20-24-14(9-31-20)10-4-12(26)8-13(27)5-10/h4-9,26-27H,22H2,1-3H3,(H,23,25). The summed E-state index contributed by atoms with van der Waals surface area (Å²) < 4.78 is 16.1. The van der Waals surface area contributed by atoms with Gasteiger partial charge in [0.05, 0.1) is 27.0 Å². The van der Waals surface area contributed by atoms with Crippen molar-refractivity contribution in [2.75, 3.05) is 32.4 Å². The molecule has 32 heavy (non-hydrogen) atoms. The van der Waals surface area contributed by atoms with E-state index in [0.29, 0.717) is 55.0 Å². The SMILES string of the molecule is COc1cc(Nc2nc(N)c(-c3nc(-c4cc(O)cc(O)c4)cs3)s2)cc(OC)c1OC. The van der Waals surface area contributed by atoms with Gasteiger partial charge in [-0.2, -0.15) is 0 Å². The Hall–Kier alpha value is -3.70. The van der Waals surface area contributed by atoms with E-state index in [-0.39, 0.29) is 11.5 Å². The fourth-order valence-corrected chi connectivity index (χ4v) is 4.90. The van der Waals surface area contributed by atoms with Gasteiger partial charge in [-0.15, -0.1) is 11.3 Å². The lowest BCUT2D eigenvalue weighted by atomic mass is 10.1. The molecule has 0 radical (unpaired) electrons. The summed E-state index contributed by atoms with van der Waals surface area (Å²) in [5, 5.41) is 25.7. The zero-order valence-electron chi connectivity index (χ0n) is 17.4. The lowest BCUT2D eigenvalue weighted by Gasteiger charge is -2.14. The topological polar surface area (TPSA) is 132 Å². The van der Waals surface area contributed by atoms with Crippen LogP contribution >= 0.6 is 22.7 Å². The zero-order chi connectivity index (χ0) is 22.8. The number of thiazole rings is 2. The van der Waals surface area contributed by atoms with Gasteiger partial charge in [-0.05, 0) is 12.1 Å². The average Bonchev–Trinajstić information content (AvgIpc) is 3.38. The van der Waals surface area contributed by atoms with E-state index in [0.717, 1.165) is 0 Å². The summed E-state index contributed by atoms with van der Waals surface area (Å²) in [4.78, 5) is 9.71. The molecule has 4 aromatic rings. The molecule has 5 N–H and O–H groups in total. The normalized spacial score (nSPS) is 10.7. The largest absolute Gasteiger partial charge is 0.508 e. The summed E-state index contributed by atoms with van der Waals surface area (Å²) in [7, 11) is 4.64. The van der Waals surface area contributed by atoms with Gasteiger partial charge in [0.2, 0.25) is 5.75 Å². The Kier molecular flexibility index (Phi) is 5.93. The number of aromatic hydroxyl groups is 2. The van der Waals surface area contributed by atoms with Gasteiger partial charge in [0.25, 0.3) is 0 Å². The minimum atomic E-state index is -0.0383. The van der Waals surface area contributed by atoms with Crippen LogP contribution in [-0.4, -0.2) is 41.5 Å². The quantitative estimate of drug-likeness (QED) is 0.302. The number of anilines is 3. The molecule has 0 aliphatic rings. The third kappa shape index (κ3) is 4.20. The van der Waals surface area contributed by atoms with E-state index in [1.807, 2.05) is 5.38 Å². The molecule has 0 fully saturated rings. The number of nitrogens with one attached hydrogen (secondary N) is 1. The molecule has 0 unspecified atom stereocenters. The molecule has 0 atom stereocenters. The average molecular weight is 473 g/mol. The van der Waals surface area contributed by atoms with Crippen LogP contribution in [0.5, 0.6) is 28.7 Å². The molecule has 166 valence electrons. The molecule has 2 aromatic carbocycles. The Labute approximate surface area is 191 Å². The summed E-state index contributed by atoms with van der Waals surface area (Å²) in [5.74, 6) is 1.78. The molecule has 0 amide bonds. The summed E-state index contributed by atoms with van der Waals surface area (Å²) in [6.45, 7) is 0. The third-order valence-electron chi connectivity index (χ3n) is 4.47. The van der Waals surface area contributed by atoms with Crippen molar-refractivity contribution in [1.82, 2.24) is 9.97 Å². The van der Waals surface area contributed by atoms with E-state index in [1.54, 1.807) is 33.5 Å². The molecular formula is C21H20N4O5S2. The summed E-state index contributed by atoms with van der Waals surface area (Å²) >= 11 is 2.74. The Morgan fingerprint density at radius 3 is 2.16 bits per heavy atom. The number of ether oxygens (including phenoxy) is 3. The van der Waals surface area contributed by atoms with Crippen LogP contribution in [0.4, 0.5) is 16.6 Å². The Balaban J connectivity index is 1.63. The first kappa shape index (κ1) is 21.5.